The maximum Gasteiger partial charge on any atom is 0.162 e. The number of hydrogen-bond donors (Lipinski definition) is 0. The Morgan fingerprint density at radius 1 is 1.38 bits per heavy atom. The lowest BCUT2D eigenvalue weighted by Crippen LogP contribution is -2.15. The monoisotopic (exact) mass is 222 g/mol. The predicted molar refractivity (Wildman–Crippen MR) is 60.9 cm³/mol. The van der Waals surface area contributed by atoms with E-state index in [2.05, 4.69) is 6.08 Å². The first kappa shape index (κ1) is 11.6. The van der Waals surface area contributed by atoms with Crippen LogP contribution in [0.1, 0.15) is 19.8 Å². The number of carbonyl (C=O) groups is 1. The number of carbonyl (C=O) groups excluding carboxylic acids is 1. The number of hydrogen-bond acceptors (Lipinski definition) is 3. The van der Waals surface area contributed by atoms with Crippen LogP contribution < -0.4 is 0 Å². The molecule has 0 spiro atoms. The third-order valence-electron chi connectivity index (χ3n) is 3.32. The van der Waals surface area contributed by atoms with Crippen molar-refractivity contribution in [2.75, 3.05) is 13.9 Å². The number of ether oxygens (including phenoxy) is 2. The highest BCUT2D eigenvalue weighted by Crippen LogP contribution is 2.36. The summed E-state index contributed by atoms with van der Waals surface area (Å²) in [5, 5.41) is 0. The smallest absolute Gasteiger partial charge is 0.162 e. The van der Waals surface area contributed by atoms with Gasteiger partial charge in [-0.2, -0.15) is 0 Å². The largest absolute Gasteiger partial charge is 0.359 e. The van der Waals surface area contributed by atoms with Gasteiger partial charge < -0.3 is 9.47 Å². The van der Waals surface area contributed by atoms with Gasteiger partial charge in [0.25, 0.3) is 0 Å². The molecule has 0 unspecified atom stereocenters. The molecule has 2 aliphatic rings. The zero-order chi connectivity index (χ0) is 11.5. The van der Waals surface area contributed by atoms with Crippen LogP contribution in [0.4, 0.5) is 0 Å². The van der Waals surface area contributed by atoms with Crippen molar-refractivity contribution in [2.24, 2.45) is 11.8 Å². The van der Waals surface area contributed by atoms with Crippen LogP contribution in [0.5, 0.6) is 0 Å². The molecular formula is C13H18O3. The van der Waals surface area contributed by atoms with E-state index in [1.54, 1.807) is 13.2 Å². The second-order valence-electron chi connectivity index (χ2n) is 4.47. The van der Waals surface area contributed by atoms with Gasteiger partial charge in [0, 0.05) is 18.9 Å². The standard InChI is InChI=1S/C13H18O3/c1-9-3-4-10-5-6-13(16-8-15-2)11(10)7-12(9)14/h3-4,7,9-10,13H,5-6,8H2,1-2H3/t9-,10-,13+/m1/s1. The van der Waals surface area contributed by atoms with Gasteiger partial charge in [0.1, 0.15) is 6.79 Å². The summed E-state index contributed by atoms with van der Waals surface area (Å²) < 4.78 is 10.5. The minimum atomic E-state index is 0.00109. The van der Waals surface area contributed by atoms with Crippen molar-refractivity contribution in [3.63, 3.8) is 0 Å². The molecule has 0 radical (unpaired) electrons. The molecule has 1 saturated carbocycles. The van der Waals surface area contributed by atoms with Crippen LogP contribution in [-0.4, -0.2) is 25.8 Å². The Morgan fingerprint density at radius 3 is 2.94 bits per heavy atom. The Kier molecular flexibility index (Phi) is 3.56. The first-order chi connectivity index (χ1) is 7.72. The fourth-order valence-corrected chi connectivity index (χ4v) is 2.33. The zero-order valence-electron chi connectivity index (χ0n) is 9.81. The fraction of sp³-hybridized carbons (Fsp3) is 0.615. The first-order valence-electron chi connectivity index (χ1n) is 5.76. The van der Waals surface area contributed by atoms with Crippen LogP contribution in [-0.2, 0) is 14.3 Å². The van der Waals surface area contributed by atoms with Gasteiger partial charge in [-0.05, 0) is 24.5 Å². The molecule has 3 nitrogen and oxygen atoms in total. The van der Waals surface area contributed by atoms with Crippen LogP contribution >= 0.6 is 0 Å². The zero-order valence-corrected chi connectivity index (χ0v) is 9.81. The molecule has 0 amide bonds. The minimum Gasteiger partial charge on any atom is -0.359 e. The molecule has 0 heterocycles. The summed E-state index contributed by atoms with van der Waals surface area (Å²) in [5.74, 6) is 0.568. The SMILES string of the molecule is COCO[C@H]1CC[C@H]2C=C[C@@H](C)C(=O)C=C21. The number of allylic oxidation sites excluding steroid dienone is 3. The molecule has 0 aliphatic heterocycles. The highest BCUT2D eigenvalue weighted by molar-refractivity contribution is 5.94. The van der Waals surface area contributed by atoms with E-state index in [0.717, 1.165) is 18.4 Å². The van der Waals surface area contributed by atoms with E-state index in [4.69, 9.17) is 9.47 Å². The molecule has 0 bridgehead atoms. The third kappa shape index (κ3) is 2.25. The molecule has 2 aliphatic carbocycles. The van der Waals surface area contributed by atoms with Crippen molar-refractivity contribution in [3.05, 3.63) is 23.8 Å². The Bertz CT molecular complexity index is 330. The molecule has 3 atom stereocenters. The molecule has 3 heteroatoms. The molecule has 16 heavy (non-hydrogen) atoms. The summed E-state index contributed by atoms with van der Waals surface area (Å²) in [4.78, 5) is 11.8. The second-order valence-corrected chi connectivity index (χ2v) is 4.47. The molecule has 0 aromatic rings. The van der Waals surface area contributed by atoms with E-state index in [0.29, 0.717) is 12.7 Å². The highest BCUT2D eigenvalue weighted by atomic mass is 16.7. The average Bonchev–Trinajstić information content (AvgIpc) is 2.59. The summed E-state index contributed by atoms with van der Waals surface area (Å²) in [6.45, 7) is 2.23. The van der Waals surface area contributed by atoms with E-state index in [1.165, 1.54) is 0 Å². The Morgan fingerprint density at radius 2 is 2.19 bits per heavy atom. The Labute approximate surface area is 96.1 Å². The van der Waals surface area contributed by atoms with E-state index in [9.17, 15) is 4.79 Å². The van der Waals surface area contributed by atoms with Crippen LogP contribution in [0.2, 0.25) is 0 Å². The minimum absolute atomic E-state index is 0.00109. The number of ketones is 1. The second kappa shape index (κ2) is 4.93. The van der Waals surface area contributed by atoms with Crippen molar-refractivity contribution in [3.8, 4) is 0 Å². The summed E-state index contributed by atoms with van der Waals surface area (Å²) >= 11 is 0. The van der Waals surface area contributed by atoms with Crippen molar-refractivity contribution in [1.29, 1.82) is 0 Å². The lowest BCUT2D eigenvalue weighted by Gasteiger charge is -2.14. The van der Waals surface area contributed by atoms with Crippen LogP contribution in [0.15, 0.2) is 23.8 Å². The summed E-state index contributed by atoms with van der Waals surface area (Å²) in [7, 11) is 1.61. The Hall–Kier alpha value is -0.930. The van der Waals surface area contributed by atoms with Gasteiger partial charge in [-0.25, -0.2) is 0 Å². The van der Waals surface area contributed by atoms with E-state index in [-0.39, 0.29) is 17.8 Å². The van der Waals surface area contributed by atoms with Crippen LogP contribution in [0, 0.1) is 11.8 Å². The van der Waals surface area contributed by atoms with Crippen LogP contribution in [0.3, 0.4) is 0 Å². The number of fused-ring (bicyclic) bond motifs is 1. The number of methoxy groups -OCH3 is 1. The van der Waals surface area contributed by atoms with Crippen molar-refractivity contribution in [1.82, 2.24) is 0 Å². The molecule has 0 saturated heterocycles. The van der Waals surface area contributed by atoms with E-state index >= 15 is 0 Å². The van der Waals surface area contributed by atoms with Crippen molar-refractivity contribution in [2.45, 2.75) is 25.9 Å². The molecule has 0 N–H and O–H groups in total. The average molecular weight is 222 g/mol. The van der Waals surface area contributed by atoms with Gasteiger partial charge in [0.05, 0.1) is 6.10 Å². The molecule has 88 valence electrons. The molecule has 0 aromatic heterocycles. The molecule has 0 aromatic carbocycles. The van der Waals surface area contributed by atoms with Crippen LogP contribution in [0.25, 0.3) is 0 Å². The van der Waals surface area contributed by atoms with E-state index < -0.39 is 0 Å². The fourth-order valence-electron chi connectivity index (χ4n) is 2.33. The summed E-state index contributed by atoms with van der Waals surface area (Å²) in [5.41, 5.74) is 1.13. The Balaban J connectivity index is 2.14. The van der Waals surface area contributed by atoms with Gasteiger partial charge in [-0.3, -0.25) is 4.79 Å². The highest BCUT2D eigenvalue weighted by Gasteiger charge is 2.32. The maximum atomic E-state index is 11.8. The topological polar surface area (TPSA) is 35.5 Å². The molecular weight excluding hydrogens is 204 g/mol. The lowest BCUT2D eigenvalue weighted by atomic mass is 10.0. The van der Waals surface area contributed by atoms with Gasteiger partial charge in [0.2, 0.25) is 0 Å². The molecule has 2 rings (SSSR count). The van der Waals surface area contributed by atoms with Gasteiger partial charge in [-0.15, -0.1) is 0 Å². The maximum absolute atomic E-state index is 11.8. The lowest BCUT2D eigenvalue weighted by molar-refractivity contribution is -0.116. The summed E-state index contributed by atoms with van der Waals surface area (Å²) in [6, 6.07) is 0. The predicted octanol–water partition coefficient (Wildman–Crippen LogP) is 2.09. The van der Waals surface area contributed by atoms with Gasteiger partial charge in [-0.1, -0.05) is 19.1 Å². The summed E-state index contributed by atoms with van der Waals surface area (Å²) in [6.07, 6.45) is 8.04. The van der Waals surface area contributed by atoms with Gasteiger partial charge >= 0.3 is 0 Å². The van der Waals surface area contributed by atoms with Crippen molar-refractivity contribution >= 4 is 5.78 Å². The van der Waals surface area contributed by atoms with Gasteiger partial charge in [0.15, 0.2) is 5.78 Å². The third-order valence-corrected chi connectivity index (χ3v) is 3.32. The number of rotatable bonds is 3. The molecule has 1 fully saturated rings. The van der Waals surface area contributed by atoms with Crippen molar-refractivity contribution < 1.29 is 14.3 Å². The van der Waals surface area contributed by atoms with E-state index in [1.807, 2.05) is 13.0 Å². The normalized spacial score (nSPS) is 33.5. The first-order valence-corrected chi connectivity index (χ1v) is 5.76. The quantitative estimate of drug-likeness (QED) is 0.542.